The lowest BCUT2D eigenvalue weighted by atomic mass is 10.2. The molecule has 1 aromatic rings. The van der Waals surface area contributed by atoms with Crippen molar-refractivity contribution in [2.24, 2.45) is 0 Å². The third-order valence-corrected chi connectivity index (χ3v) is 4.88. The molecule has 94 valence electrons. The van der Waals surface area contributed by atoms with Gasteiger partial charge in [-0.1, -0.05) is 0 Å². The molecule has 5 heteroatoms. The van der Waals surface area contributed by atoms with E-state index in [2.05, 4.69) is 27.9 Å². The topological polar surface area (TPSA) is 32.3 Å². The predicted molar refractivity (Wildman–Crippen MR) is 79.6 cm³/mol. The summed E-state index contributed by atoms with van der Waals surface area (Å²) >= 11 is 3.88. The standard InChI is InChI=1S/C12H17IN2OS/c1-2-15(7-10-4-3-5-14-10)12(16)9-6-11(13)17-8-9/h6,8,10,14H,2-5,7H2,1H3. The summed E-state index contributed by atoms with van der Waals surface area (Å²) in [6.45, 7) is 4.75. The van der Waals surface area contributed by atoms with Gasteiger partial charge in [0.25, 0.3) is 5.91 Å². The second-order valence-corrected chi connectivity index (χ2v) is 7.08. The molecular weight excluding hydrogens is 347 g/mol. The number of amides is 1. The molecule has 1 aliphatic rings. The van der Waals surface area contributed by atoms with Crippen molar-refractivity contribution in [2.75, 3.05) is 19.6 Å². The highest BCUT2D eigenvalue weighted by atomic mass is 127. The zero-order valence-electron chi connectivity index (χ0n) is 9.91. The second-order valence-electron chi connectivity index (χ2n) is 4.28. The van der Waals surface area contributed by atoms with Crippen molar-refractivity contribution >= 4 is 39.8 Å². The smallest absolute Gasteiger partial charge is 0.254 e. The molecule has 0 saturated carbocycles. The minimum Gasteiger partial charge on any atom is -0.337 e. The maximum Gasteiger partial charge on any atom is 0.254 e. The number of hydrogen-bond acceptors (Lipinski definition) is 3. The van der Waals surface area contributed by atoms with Gasteiger partial charge in [0, 0.05) is 24.5 Å². The van der Waals surface area contributed by atoms with Gasteiger partial charge in [0.15, 0.2) is 0 Å². The van der Waals surface area contributed by atoms with Crippen molar-refractivity contribution in [3.05, 3.63) is 19.9 Å². The average molecular weight is 364 g/mol. The molecule has 1 N–H and O–H groups in total. The van der Waals surface area contributed by atoms with E-state index in [1.807, 2.05) is 23.3 Å². The number of nitrogens with zero attached hydrogens (tertiary/aromatic N) is 1. The van der Waals surface area contributed by atoms with Gasteiger partial charge >= 0.3 is 0 Å². The van der Waals surface area contributed by atoms with Crippen molar-refractivity contribution in [1.29, 1.82) is 0 Å². The van der Waals surface area contributed by atoms with E-state index in [1.54, 1.807) is 11.3 Å². The van der Waals surface area contributed by atoms with E-state index < -0.39 is 0 Å². The van der Waals surface area contributed by atoms with E-state index in [4.69, 9.17) is 0 Å². The number of likely N-dealkylation sites (N-methyl/N-ethyl adjacent to an activating group) is 1. The molecule has 1 atom stereocenters. The van der Waals surface area contributed by atoms with Crippen LogP contribution in [-0.4, -0.2) is 36.5 Å². The van der Waals surface area contributed by atoms with Crippen LogP contribution in [-0.2, 0) is 0 Å². The lowest BCUT2D eigenvalue weighted by Crippen LogP contribution is -2.40. The third kappa shape index (κ3) is 3.42. The van der Waals surface area contributed by atoms with Crippen LogP contribution in [0.15, 0.2) is 11.4 Å². The van der Waals surface area contributed by atoms with E-state index in [-0.39, 0.29) is 5.91 Å². The highest BCUT2D eigenvalue weighted by Gasteiger charge is 2.21. The summed E-state index contributed by atoms with van der Waals surface area (Å²) in [5.41, 5.74) is 0.833. The van der Waals surface area contributed by atoms with Gasteiger partial charge in [0.1, 0.15) is 0 Å². The molecule has 1 aliphatic heterocycles. The minimum atomic E-state index is 0.167. The average Bonchev–Trinajstić information content (AvgIpc) is 2.96. The van der Waals surface area contributed by atoms with E-state index in [9.17, 15) is 4.79 Å². The number of rotatable bonds is 4. The third-order valence-electron chi connectivity index (χ3n) is 3.09. The van der Waals surface area contributed by atoms with Crippen LogP contribution in [0.4, 0.5) is 0 Å². The van der Waals surface area contributed by atoms with Gasteiger partial charge in [0.2, 0.25) is 0 Å². The molecule has 0 aliphatic carbocycles. The molecule has 0 bridgehead atoms. The maximum atomic E-state index is 12.3. The van der Waals surface area contributed by atoms with Crippen molar-refractivity contribution in [1.82, 2.24) is 10.2 Å². The maximum absolute atomic E-state index is 12.3. The Hall–Kier alpha value is -0.140. The zero-order chi connectivity index (χ0) is 12.3. The minimum absolute atomic E-state index is 0.167. The fraction of sp³-hybridized carbons (Fsp3) is 0.583. The normalized spacial score (nSPS) is 19.5. The van der Waals surface area contributed by atoms with E-state index in [1.165, 1.54) is 15.7 Å². The molecule has 1 aromatic heterocycles. The molecule has 1 fully saturated rings. The monoisotopic (exact) mass is 364 g/mol. The van der Waals surface area contributed by atoms with Crippen LogP contribution in [0.3, 0.4) is 0 Å². The Kier molecular flexibility index (Phi) is 4.81. The fourth-order valence-electron chi connectivity index (χ4n) is 2.14. The quantitative estimate of drug-likeness (QED) is 0.833. The summed E-state index contributed by atoms with van der Waals surface area (Å²) < 4.78 is 1.17. The van der Waals surface area contributed by atoms with Gasteiger partial charge in [-0.25, -0.2) is 0 Å². The molecule has 0 aromatic carbocycles. The van der Waals surface area contributed by atoms with Crippen LogP contribution >= 0.6 is 33.9 Å². The molecule has 3 nitrogen and oxygen atoms in total. The van der Waals surface area contributed by atoms with Crippen LogP contribution in [0.2, 0.25) is 0 Å². The van der Waals surface area contributed by atoms with Gasteiger partial charge in [-0.05, 0) is 55.0 Å². The zero-order valence-corrected chi connectivity index (χ0v) is 12.9. The van der Waals surface area contributed by atoms with Gasteiger partial charge in [-0.3, -0.25) is 4.79 Å². The highest BCUT2D eigenvalue weighted by molar-refractivity contribution is 14.1. The van der Waals surface area contributed by atoms with Gasteiger partial charge in [-0.15, -0.1) is 11.3 Å². The summed E-state index contributed by atoms with van der Waals surface area (Å²) in [6.07, 6.45) is 2.41. The lowest BCUT2D eigenvalue weighted by molar-refractivity contribution is 0.0752. The number of thiophene rings is 1. The molecule has 1 unspecified atom stereocenters. The van der Waals surface area contributed by atoms with E-state index >= 15 is 0 Å². The van der Waals surface area contributed by atoms with Crippen molar-refractivity contribution in [3.63, 3.8) is 0 Å². The number of halogens is 1. The van der Waals surface area contributed by atoms with Crippen LogP contribution in [0.5, 0.6) is 0 Å². The van der Waals surface area contributed by atoms with Crippen molar-refractivity contribution in [2.45, 2.75) is 25.8 Å². The number of nitrogens with one attached hydrogen (secondary N) is 1. The van der Waals surface area contributed by atoms with Gasteiger partial charge in [-0.2, -0.15) is 0 Å². The summed E-state index contributed by atoms with van der Waals surface area (Å²) in [7, 11) is 0. The summed E-state index contributed by atoms with van der Waals surface area (Å²) in [5.74, 6) is 0.167. The second kappa shape index (κ2) is 6.15. The summed E-state index contributed by atoms with van der Waals surface area (Å²) in [5, 5.41) is 5.39. The lowest BCUT2D eigenvalue weighted by Gasteiger charge is -2.24. The first-order chi connectivity index (χ1) is 8.20. The molecule has 0 radical (unpaired) electrons. The van der Waals surface area contributed by atoms with E-state index in [0.717, 1.165) is 25.2 Å². The first-order valence-electron chi connectivity index (χ1n) is 5.97. The fourth-order valence-corrected chi connectivity index (χ4v) is 3.46. The highest BCUT2D eigenvalue weighted by Crippen LogP contribution is 2.18. The Morgan fingerprint density at radius 2 is 2.53 bits per heavy atom. The molecular formula is C12H17IN2OS. The molecule has 17 heavy (non-hydrogen) atoms. The Labute approximate surface area is 120 Å². The van der Waals surface area contributed by atoms with Crippen LogP contribution in [0, 0.1) is 2.88 Å². The Balaban J connectivity index is 1.99. The predicted octanol–water partition coefficient (Wildman–Crippen LogP) is 2.57. The first kappa shape index (κ1) is 13.3. The Bertz CT molecular complexity index is 388. The van der Waals surface area contributed by atoms with Crippen LogP contribution < -0.4 is 5.32 Å². The number of carbonyl (C=O) groups is 1. The van der Waals surface area contributed by atoms with Crippen molar-refractivity contribution < 1.29 is 4.79 Å². The van der Waals surface area contributed by atoms with Gasteiger partial charge < -0.3 is 10.2 Å². The van der Waals surface area contributed by atoms with Crippen LogP contribution in [0.1, 0.15) is 30.1 Å². The van der Waals surface area contributed by atoms with Crippen LogP contribution in [0.25, 0.3) is 0 Å². The largest absolute Gasteiger partial charge is 0.337 e. The summed E-state index contributed by atoms with van der Waals surface area (Å²) in [4.78, 5) is 14.2. The van der Waals surface area contributed by atoms with E-state index in [0.29, 0.717) is 6.04 Å². The summed E-state index contributed by atoms with van der Waals surface area (Å²) in [6, 6.07) is 2.45. The SMILES string of the molecule is CCN(CC1CCCN1)C(=O)c1csc(I)c1. The number of carbonyl (C=O) groups excluding carboxylic acids is 1. The molecule has 2 rings (SSSR count). The first-order valence-corrected chi connectivity index (χ1v) is 7.93. The van der Waals surface area contributed by atoms with Crippen molar-refractivity contribution in [3.8, 4) is 0 Å². The molecule has 2 heterocycles. The Morgan fingerprint density at radius 3 is 3.06 bits per heavy atom. The number of hydrogen-bond donors (Lipinski definition) is 1. The molecule has 1 saturated heterocycles. The van der Waals surface area contributed by atoms with Gasteiger partial charge in [0.05, 0.1) is 8.45 Å². The molecule has 0 spiro atoms. The molecule has 1 amide bonds. The Morgan fingerprint density at radius 1 is 1.71 bits per heavy atom.